The van der Waals surface area contributed by atoms with Crippen molar-refractivity contribution < 1.29 is 14.3 Å². The molecule has 0 radical (unpaired) electrons. The number of hydrogen-bond acceptors (Lipinski definition) is 3. The van der Waals surface area contributed by atoms with E-state index in [0.29, 0.717) is 23.8 Å². The molecule has 0 aromatic heterocycles. The minimum Gasteiger partial charge on any atom is -0.491 e. The molecule has 2 aromatic rings. The molecule has 0 fully saturated rings. The Labute approximate surface area is 154 Å². The highest BCUT2D eigenvalue weighted by molar-refractivity contribution is 6.32. The summed E-state index contributed by atoms with van der Waals surface area (Å²) >= 11 is 6.09. The Hall–Kier alpha value is -2.20. The molecule has 0 aliphatic carbocycles. The fourth-order valence-electron chi connectivity index (χ4n) is 2.25. The van der Waals surface area contributed by atoms with E-state index in [-0.39, 0.29) is 11.9 Å². The number of aryl methyl sites for hydroxylation is 1. The molecule has 2 aromatic carbocycles. The molecule has 2 atom stereocenters. The van der Waals surface area contributed by atoms with E-state index in [1.54, 1.807) is 12.1 Å². The van der Waals surface area contributed by atoms with Crippen LogP contribution >= 0.6 is 11.6 Å². The van der Waals surface area contributed by atoms with Gasteiger partial charge in [-0.05, 0) is 44.5 Å². The van der Waals surface area contributed by atoms with E-state index in [2.05, 4.69) is 5.32 Å². The Kier molecular flexibility index (Phi) is 7.14. The number of carbonyl (C=O) groups is 1. The zero-order valence-electron chi connectivity index (χ0n) is 14.8. The lowest BCUT2D eigenvalue weighted by Crippen LogP contribution is -2.44. The third-order valence-corrected chi connectivity index (χ3v) is 3.99. The molecule has 2 rings (SSSR count). The summed E-state index contributed by atoms with van der Waals surface area (Å²) in [5, 5.41) is 3.41. The van der Waals surface area contributed by atoms with Gasteiger partial charge in [0.2, 0.25) is 0 Å². The SMILES string of the molecule is CC[C@@H](Oc1ccccc1Cl)C(=O)N[C@@H](C)COc1ccc(C)cc1. The van der Waals surface area contributed by atoms with Crippen molar-refractivity contribution in [3.05, 3.63) is 59.1 Å². The van der Waals surface area contributed by atoms with E-state index >= 15 is 0 Å². The summed E-state index contributed by atoms with van der Waals surface area (Å²) in [5.41, 5.74) is 1.18. The van der Waals surface area contributed by atoms with Gasteiger partial charge in [0.1, 0.15) is 18.1 Å². The van der Waals surface area contributed by atoms with E-state index in [0.717, 1.165) is 5.75 Å². The second-order valence-corrected chi connectivity index (χ2v) is 6.39. The maximum Gasteiger partial charge on any atom is 0.261 e. The molecule has 0 bridgehead atoms. The molecule has 0 saturated heterocycles. The Bertz CT molecular complexity index is 688. The molecule has 0 heterocycles. The molecule has 0 spiro atoms. The van der Waals surface area contributed by atoms with Crippen LogP contribution in [0.25, 0.3) is 0 Å². The first-order valence-electron chi connectivity index (χ1n) is 8.40. The van der Waals surface area contributed by atoms with Crippen LogP contribution in [-0.4, -0.2) is 24.7 Å². The number of hydrogen-bond donors (Lipinski definition) is 1. The van der Waals surface area contributed by atoms with Crippen LogP contribution in [0.5, 0.6) is 11.5 Å². The van der Waals surface area contributed by atoms with Crippen molar-refractivity contribution in [3.8, 4) is 11.5 Å². The molecule has 4 nitrogen and oxygen atoms in total. The third kappa shape index (κ3) is 5.98. The van der Waals surface area contributed by atoms with Gasteiger partial charge in [-0.1, -0.05) is 48.4 Å². The number of benzene rings is 2. The van der Waals surface area contributed by atoms with E-state index in [9.17, 15) is 4.79 Å². The van der Waals surface area contributed by atoms with Gasteiger partial charge in [-0.15, -0.1) is 0 Å². The highest BCUT2D eigenvalue weighted by Gasteiger charge is 2.21. The number of halogens is 1. The van der Waals surface area contributed by atoms with E-state index in [4.69, 9.17) is 21.1 Å². The summed E-state index contributed by atoms with van der Waals surface area (Å²) in [6.07, 6.45) is -0.0514. The second kappa shape index (κ2) is 9.33. The Morgan fingerprint density at radius 2 is 1.84 bits per heavy atom. The van der Waals surface area contributed by atoms with Crippen molar-refractivity contribution in [1.29, 1.82) is 0 Å². The van der Waals surface area contributed by atoms with Crippen molar-refractivity contribution in [2.45, 2.75) is 39.3 Å². The van der Waals surface area contributed by atoms with Gasteiger partial charge in [0, 0.05) is 0 Å². The fourth-order valence-corrected chi connectivity index (χ4v) is 2.43. The fraction of sp³-hybridized carbons (Fsp3) is 0.350. The molecule has 25 heavy (non-hydrogen) atoms. The van der Waals surface area contributed by atoms with E-state index < -0.39 is 6.10 Å². The average Bonchev–Trinajstić information content (AvgIpc) is 2.60. The zero-order chi connectivity index (χ0) is 18.2. The van der Waals surface area contributed by atoms with Gasteiger partial charge in [0.15, 0.2) is 6.10 Å². The van der Waals surface area contributed by atoms with Crippen LogP contribution in [0, 0.1) is 6.92 Å². The van der Waals surface area contributed by atoms with Crippen LogP contribution in [0.3, 0.4) is 0 Å². The molecule has 0 aliphatic heterocycles. The van der Waals surface area contributed by atoms with Gasteiger partial charge in [-0.25, -0.2) is 0 Å². The van der Waals surface area contributed by atoms with Crippen molar-refractivity contribution in [3.63, 3.8) is 0 Å². The highest BCUT2D eigenvalue weighted by Crippen LogP contribution is 2.24. The topological polar surface area (TPSA) is 47.6 Å². The quantitative estimate of drug-likeness (QED) is 0.758. The van der Waals surface area contributed by atoms with Crippen molar-refractivity contribution in [2.75, 3.05) is 6.61 Å². The van der Waals surface area contributed by atoms with Crippen LogP contribution in [0.4, 0.5) is 0 Å². The number of nitrogens with one attached hydrogen (secondary N) is 1. The first-order chi connectivity index (χ1) is 12.0. The van der Waals surface area contributed by atoms with Crippen LogP contribution in [0.2, 0.25) is 5.02 Å². The van der Waals surface area contributed by atoms with Gasteiger partial charge in [-0.2, -0.15) is 0 Å². The van der Waals surface area contributed by atoms with Crippen molar-refractivity contribution >= 4 is 17.5 Å². The minimum atomic E-state index is -0.596. The van der Waals surface area contributed by atoms with Crippen molar-refractivity contribution in [2.24, 2.45) is 0 Å². The summed E-state index contributed by atoms with van der Waals surface area (Å²) in [6.45, 7) is 6.21. The Morgan fingerprint density at radius 3 is 2.48 bits per heavy atom. The molecule has 1 amide bonds. The first kappa shape index (κ1) is 19.1. The maximum atomic E-state index is 12.4. The number of para-hydroxylation sites is 1. The molecular weight excluding hydrogens is 338 g/mol. The lowest BCUT2D eigenvalue weighted by molar-refractivity contribution is -0.128. The lowest BCUT2D eigenvalue weighted by atomic mass is 10.2. The minimum absolute atomic E-state index is 0.141. The maximum absolute atomic E-state index is 12.4. The normalized spacial score (nSPS) is 13.0. The number of rotatable bonds is 8. The molecule has 134 valence electrons. The average molecular weight is 362 g/mol. The lowest BCUT2D eigenvalue weighted by Gasteiger charge is -2.21. The predicted octanol–water partition coefficient (Wildman–Crippen LogP) is 4.39. The molecule has 5 heteroatoms. The second-order valence-electron chi connectivity index (χ2n) is 5.98. The number of amides is 1. The van der Waals surface area contributed by atoms with Crippen molar-refractivity contribution in [1.82, 2.24) is 5.32 Å². The number of ether oxygens (including phenoxy) is 2. The monoisotopic (exact) mass is 361 g/mol. The standard InChI is InChI=1S/C20H24ClNO3/c1-4-18(25-19-8-6-5-7-17(19)21)20(23)22-15(3)13-24-16-11-9-14(2)10-12-16/h5-12,15,18H,4,13H2,1-3H3,(H,22,23)/t15-,18+/m0/s1. The van der Waals surface area contributed by atoms with E-state index in [1.165, 1.54) is 5.56 Å². The predicted molar refractivity (Wildman–Crippen MR) is 100 cm³/mol. The number of carbonyl (C=O) groups excluding carboxylic acids is 1. The van der Waals surface area contributed by atoms with Gasteiger partial charge < -0.3 is 14.8 Å². The Morgan fingerprint density at radius 1 is 1.16 bits per heavy atom. The largest absolute Gasteiger partial charge is 0.491 e. The van der Waals surface area contributed by atoms with Crippen LogP contribution in [0.15, 0.2) is 48.5 Å². The Balaban J connectivity index is 1.85. The van der Waals surface area contributed by atoms with Crippen LogP contribution in [0.1, 0.15) is 25.8 Å². The van der Waals surface area contributed by atoms with Crippen LogP contribution < -0.4 is 14.8 Å². The van der Waals surface area contributed by atoms with E-state index in [1.807, 2.05) is 57.2 Å². The summed E-state index contributed by atoms with van der Waals surface area (Å²) < 4.78 is 11.4. The van der Waals surface area contributed by atoms with Gasteiger partial charge in [0.25, 0.3) is 5.91 Å². The molecule has 0 unspecified atom stereocenters. The summed E-state index contributed by atoms with van der Waals surface area (Å²) in [6, 6.07) is 14.8. The third-order valence-electron chi connectivity index (χ3n) is 3.68. The smallest absolute Gasteiger partial charge is 0.261 e. The summed E-state index contributed by atoms with van der Waals surface area (Å²) in [7, 11) is 0. The molecule has 0 aliphatic rings. The van der Waals surface area contributed by atoms with Gasteiger partial charge in [0.05, 0.1) is 11.1 Å². The molecule has 0 saturated carbocycles. The van der Waals surface area contributed by atoms with Crippen LogP contribution in [-0.2, 0) is 4.79 Å². The van der Waals surface area contributed by atoms with Gasteiger partial charge in [-0.3, -0.25) is 4.79 Å². The van der Waals surface area contributed by atoms with Gasteiger partial charge >= 0.3 is 0 Å². The summed E-state index contributed by atoms with van der Waals surface area (Å²) in [4.78, 5) is 12.4. The molecular formula is C20H24ClNO3. The first-order valence-corrected chi connectivity index (χ1v) is 8.78. The zero-order valence-corrected chi connectivity index (χ0v) is 15.5. The molecule has 1 N–H and O–H groups in total. The highest BCUT2D eigenvalue weighted by atomic mass is 35.5. The summed E-state index contributed by atoms with van der Waals surface area (Å²) in [5.74, 6) is 1.11.